The Kier molecular flexibility index (Phi) is 2.93. The Bertz CT molecular complexity index is 604. The van der Waals surface area contributed by atoms with Gasteiger partial charge in [0.25, 0.3) is 0 Å². The highest BCUT2D eigenvalue weighted by Gasteiger charge is 2.25. The number of hydrogen-bond donors (Lipinski definition) is 2. The molecule has 2 aromatic rings. The number of aromatic hydroxyl groups is 1. The molecular formula is C12H12N2O4. The minimum Gasteiger partial charge on any atom is -0.507 e. The largest absolute Gasteiger partial charge is 0.507 e. The lowest BCUT2D eigenvalue weighted by Gasteiger charge is -2.04. The number of esters is 1. The van der Waals surface area contributed by atoms with Gasteiger partial charge in [-0.1, -0.05) is 16.8 Å². The first-order chi connectivity index (χ1) is 8.54. The second-order valence-electron chi connectivity index (χ2n) is 3.78. The van der Waals surface area contributed by atoms with Crippen LogP contribution in [-0.2, 0) is 4.74 Å². The van der Waals surface area contributed by atoms with Gasteiger partial charge in [0.05, 0.1) is 12.7 Å². The first-order valence-corrected chi connectivity index (χ1v) is 5.18. The van der Waals surface area contributed by atoms with Gasteiger partial charge in [-0.25, -0.2) is 4.79 Å². The van der Waals surface area contributed by atoms with Crippen LogP contribution in [0.2, 0.25) is 0 Å². The zero-order valence-electron chi connectivity index (χ0n) is 9.93. The fourth-order valence-electron chi connectivity index (χ4n) is 1.62. The number of carbonyl (C=O) groups is 1. The predicted molar refractivity (Wildman–Crippen MR) is 64.1 cm³/mol. The highest BCUT2D eigenvalue weighted by atomic mass is 16.5. The molecule has 0 bridgehead atoms. The summed E-state index contributed by atoms with van der Waals surface area (Å²) in [6.07, 6.45) is 0. The molecule has 1 aromatic heterocycles. The number of nitrogens with two attached hydrogens (primary N) is 1. The quantitative estimate of drug-likeness (QED) is 0.785. The monoisotopic (exact) mass is 248 g/mol. The van der Waals surface area contributed by atoms with Crippen molar-refractivity contribution in [2.75, 3.05) is 12.8 Å². The number of ether oxygens (including phenoxy) is 1. The Labute approximate surface area is 103 Å². The van der Waals surface area contributed by atoms with Crippen LogP contribution in [0.3, 0.4) is 0 Å². The summed E-state index contributed by atoms with van der Waals surface area (Å²) in [5, 5.41) is 13.3. The first-order valence-electron chi connectivity index (χ1n) is 5.18. The average molecular weight is 248 g/mol. The summed E-state index contributed by atoms with van der Waals surface area (Å²) in [5.74, 6) is -0.662. The fourth-order valence-corrected chi connectivity index (χ4v) is 1.62. The van der Waals surface area contributed by atoms with Crippen molar-refractivity contribution < 1.29 is 19.2 Å². The molecule has 0 spiro atoms. The van der Waals surface area contributed by atoms with E-state index in [0.717, 1.165) is 5.56 Å². The second-order valence-corrected chi connectivity index (χ2v) is 3.78. The van der Waals surface area contributed by atoms with E-state index in [1.165, 1.54) is 13.2 Å². The minimum atomic E-state index is -0.662. The zero-order chi connectivity index (χ0) is 13.3. The van der Waals surface area contributed by atoms with E-state index in [2.05, 4.69) is 9.89 Å². The van der Waals surface area contributed by atoms with Crippen LogP contribution in [0.5, 0.6) is 5.75 Å². The molecule has 2 rings (SSSR count). The molecule has 6 heteroatoms. The van der Waals surface area contributed by atoms with Gasteiger partial charge in [-0.15, -0.1) is 0 Å². The summed E-state index contributed by atoms with van der Waals surface area (Å²) in [6, 6.07) is 4.91. The molecule has 0 fully saturated rings. The third kappa shape index (κ3) is 1.88. The van der Waals surface area contributed by atoms with E-state index in [0.29, 0.717) is 5.56 Å². The van der Waals surface area contributed by atoms with Gasteiger partial charge in [0.1, 0.15) is 5.75 Å². The van der Waals surface area contributed by atoms with Gasteiger partial charge in [-0.3, -0.25) is 0 Å². The van der Waals surface area contributed by atoms with Crippen molar-refractivity contribution in [1.82, 2.24) is 5.16 Å². The Morgan fingerprint density at radius 2 is 2.22 bits per heavy atom. The molecule has 0 saturated heterocycles. The first kappa shape index (κ1) is 12.0. The number of anilines is 1. The second kappa shape index (κ2) is 4.40. The van der Waals surface area contributed by atoms with Crippen molar-refractivity contribution in [3.8, 4) is 17.1 Å². The van der Waals surface area contributed by atoms with E-state index in [9.17, 15) is 9.90 Å². The standard InChI is InChI=1S/C12H12N2O4/c1-6-3-4-8(15)7(5-6)10-9(12(16)17-2)11(13)14-18-10/h3-5,15H,1-2H3,(H2,13,14). The number of rotatable bonds is 2. The van der Waals surface area contributed by atoms with Crippen molar-refractivity contribution in [3.05, 3.63) is 29.3 Å². The maximum Gasteiger partial charge on any atom is 0.345 e. The molecule has 6 nitrogen and oxygen atoms in total. The van der Waals surface area contributed by atoms with E-state index >= 15 is 0 Å². The molecule has 94 valence electrons. The molecule has 0 aliphatic heterocycles. The molecule has 0 amide bonds. The highest BCUT2D eigenvalue weighted by Crippen LogP contribution is 2.34. The summed E-state index contributed by atoms with van der Waals surface area (Å²) in [7, 11) is 1.23. The Balaban J connectivity index is 2.64. The molecular weight excluding hydrogens is 236 g/mol. The molecule has 0 aliphatic carbocycles. The van der Waals surface area contributed by atoms with Crippen molar-refractivity contribution in [3.63, 3.8) is 0 Å². The smallest absolute Gasteiger partial charge is 0.345 e. The molecule has 1 aromatic carbocycles. The summed E-state index contributed by atoms with van der Waals surface area (Å²) >= 11 is 0. The summed E-state index contributed by atoms with van der Waals surface area (Å²) in [6.45, 7) is 1.85. The molecule has 0 atom stereocenters. The third-order valence-electron chi connectivity index (χ3n) is 2.50. The number of phenolic OH excluding ortho intramolecular Hbond substituents is 1. The lowest BCUT2D eigenvalue weighted by Crippen LogP contribution is -2.05. The molecule has 0 unspecified atom stereocenters. The van der Waals surface area contributed by atoms with Crippen molar-refractivity contribution in [2.45, 2.75) is 6.92 Å². The minimum absolute atomic E-state index is 0.0124. The zero-order valence-corrected chi connectivity index (χ0v) is 9.93. The van der Waals surface area contributed by atoms with Crippen LogP contribution in [0, 0.1) is 6.92 Å². The molecule has 3 N–H and O–H groups in total. The van der Waals surface area contributed by atoms with Gasteiger partial charge in [0.15, 0.2) is 17.1 Å². The molecule has 0 aliphatic rings. The number of aromatic nitrogens is 1. The number of aryl methyl sites for hydroxylation is 1. The fraction of sp³-hybridized carbons (Fsp3) is 0.167. The molecule has 18 heavy (non-hydrogen) atoms. The van der Waals surface area contributed by atoms with Crippen molar-refractivity contribution in [2.24, 2.45) is 0 Å². The van der Waals surface area contributed by atoms with Crippen LogP contribution in [0.15, 0.2) is 22.7 Å². The number of phenols is 1. The van der Waals surface area contributed by atoms with E-state index in [-0.39, 0.29) is 22.9 Å². The van der Waals surface area contributed by atoms with E-state index in [1.807, 2.05) is 6.92 Å². The third-order valence-corrected chi connectivity index (χ3v) is 2.50. The number of nitrogens with zero attached hydrogens (tertiary/aromatic N) is 1. The lowest BCUT2D eigenvalue weighted by atomic mass is 10.0. The molecule has 0 radical (unpaired) electrons. The topological polar surface area (TPSA) is 98.6 Å². The number of carbonyl (C=O) groups excluding carboxylic acids is 1. The predicted octanol–water partition coefficient (Wildman–Crippen LogP) is 1.72. The van der Waals surface area contributed by atoms with Gasteiger partial charge in [-0.05, 0) is 19.1 Å². The van der Waals surface area contributed by atoms with Gasteiger partial charge in [0.2, 0.25) is 0 Å². The van der Waals surface area contributed by atoms with E-state index in [4.69, 9.17) is 10.3 Å². The molecule has 0 saturated carbocycles. The summed E-state index contributed by atoms with van der Waals surface area (Å²) in [4.78, 5) is 11.6. The Morgan fingerprint density at radius 3 is 2.89 bits per heavy atom. The van der Waals surface area contributed by atoms with E-state index in [1.54, 1.807) is 12.1 Å². The number of hydrogen-bond acceptors (Lipinski definition) is 6. The lowest BCUT2D eigenvalue weighted by molar-refractivity contribution is 0.0602. The molecule has 1 heterocycles. The van der Waals surface area contributed by atoms with Crippen LogP contribution in [-0.4, -0.2) is 23.3 Å². The van der Waals surface area contributed by atoms with Crippen molar-refractivity contribution >= 4 is 11.8 Å². The van der Waals surface area contributed by atoms with Gasteiger partial charge >= 0.3 is 5.97 Å². The van der Waals surface area contributed by atoms with Gasteiger partial charge < -0.3 is 20.1 Å². The van der Waals surface area contributed by atoms with Crippen molar-refractivity contribution in [1.29, 1.82) is 0 Å². The van der Waals surface area contributed by atoms with Gasteiger partial charge in [0, 0.05) is 0 Å². The van der Waals surface area contributed by atoms with Crippen LogP contribution < -0.4 is 5.73 Å². The number of methoxy groups -OCH3 is 1. The average Bonchev–Trinajstić information content (AvgIpc) is 2.73. The SMILES string of the molecule is COC(=O)c1c(N)noc1-c1cc(C)ccc1O. The summed E-state index contributed by atoms with van der Waals surface area (Å²) in [5.41, 5.74) is 6.81. The summed E-state index contributed by atoms with van der Waals surface area (Å²) < 4.78 is 9.61. The maximum absolute atomic E-state index is 11.6. The number of benzene rings is 1. The van der Waals surface area contributed by atoms with Crippen LogP contribution >= 0.6 is 0 Å². The van der Waals surface area contributed by atoms with Gasteiger partial charge in [-0.2, -0.15) is 0 Å². The Morgan fingerprint density at radius 1 is 1.50 bits per heavy atom. The number of nitrogen functional groups attached to an aromatic ring is 1. The maximum atomic E-state index is 11.6. The normalized spacial score (nSPS) is 10.3. The van der Waals surface area contributed by atoms with Crippen LogP contribution in [0.1, 0.15) is 15.9 Å². The van der Waals surface area contributed by atoms with Crippen LogP contribution in [0.25, 0.3) is 11.3 Å². The van der Waals surface area contributed by atoms with Crippen LogP contribution in [0.4, 0.5) is 5.82 Å². The van der Waals surface area contributed by atoms with E-state index < -0.39 is 5.97 Å². The Hall–Kier alpha value is -2.50. The highest BCUT2D eigenvalue weighted by molar-refractivity contribution is 6.00.